The predicted octanol–water partition coefficient (Wildman–Crippen LogP) is 7.12. The number of benzene rings is 2. The Hall–Kier alpha value is -3.12. The maximum atomic E-state index is 14.0. The van der Waals surface area contributed by atoms with Crippen LogP contribution in [0.3, 0.4) is 0 Å². The van der Waals surface area contributed by atoms with Crippen LogP contribution in [0.5, 0.6) is 11.5 Å². The van der Waals surface area contributed by atoms with Crippen molar-refractivity contribution in [3.8, 4) is 22.6 Å². The number of pyridine rings is 1. The van der Waals surface area contributed by atoms with Crippen molar-refractivity contribution in [1.82, 2.24) is 10.3 Å². The zero-order chi connectivity index (χ0) is 27.2. The van der Waals surface area contributed by atoms with Crippen molar-refractivity contribution in [1.29, 1.82) is 0 Å². The molecule has 2 aliphatic heterocycles. The molecule has 5 nitrogen and oxygen atoms in total. The van der Waals surface area contributed by atoms with Gasteiger partial charge in [-0.2, -0.15) is 4.39 Å². The normalized spacial score (nSPS) is 19.5. The highest BCUT2D eigenvalue weighted by atomic mass is 31.0. The van der Waals surface area contributed by atoms with Crippen molar-refractivity contribution in [2.45, 2.75) is 65.2 Å². The molecule has 0 bridgehead atoms. The number of carbonyl (C=O) groups excluding carboxylic acids is 1. The summed E-state index contributed by atoms with van der Waals surface area (Å²) in [6, 6.07) is 15.8. The van der Waals surface area contributed by atoms with Gasteiger partial charge in [-0.05, 0) is 81.9 Å². The van der Waals surface area contributed by atoms with Gasteiger partial charge in [0.1, 0.15) is 0 Å². The van der Waals surface area contributed by atoms with E-state index in [4.69, 9.17) is 9.47 Å². The minimum absolute atomic E-state index is 0.0168. The van der Waals surface area contributed by atoms with Crippen molar-refractivity contribution in [2.24, 2.45) is 0 Å². The monoisotopic (exact) mass is 532 g/mol. The van der Waals surface area contributed by atoms with Gasteiger partial charge in [0.2, 0.25) is 12.3 Å². The van der Waals surface area contributed by atoms with Gasteiger partial charge in [-0.25, -0.2) is 8.78 Å². The highest BCUT2D eigenvalue weighted by molar-refractivity contribution is 7.18. The maximum Gasteiger partial charge on any atom is 0.418 e. The highest BCUT2D eigenvalue weighted by Gasteiger charge is 2.37. The molecule has 9 heteroatoms. The summed E-state index contributed by atoms with van der Waals surface area (Å²) in [5.74, 6) is -1.35. The highest BCUT2D eigenvalue weighted by Crippen LogP contribution is 2.45. The Morgan fingerprint density at radius 1 is 1.08 bits per heavy atom. The van der Waals surface area contributed by atoms with Crippen LogP contribution in [0.1, 0.15) is 62.0 Å². The average molecular weight is 533 g/mol. The molecule has 2 aliphatic rings. The summed E-state index contributed by atoms with van der Waals surface area (Å²) in [5, 5.41) is 2.95. The van der Waals surface area contributed by atoms with Gasteiger partial charge in [0.25, 0.3) is 0 Å². The van der Waals surface area contributed by atoms with Gasteiger partial charge >= 0.3 is 5.78 Å². The van der Waals surface area contributed by atoms with E-state index in [-0.39, 0.29) is 11.9 Å². The van der Waals surface area contributed by atoms with Gasteiger partial charge < -0.3 is 14.8 Å². The van der Waals surface area contributed by atoms with Crippen LogP contribution < -0.4 is 14.8 Å². The van der Waals surface area contributed by atoms with Gasteiger partial charge in [-0.15, -0.1) is 0 Å². The minimum Gasteiger partial charge on any atom is -0.420 e. The Bertz CT molecular complexity index is 1220. The molecule has 1 N–H and O–H groups in total. The number of aryl methyl sites for hydroxylation is 1. The fraction of sp³-hybridized carbons (Fsp3) is 0.357. The van der Waals surface area contributed by atoms with E-state index in [9.17, 15) is 18.0 Å². The molecule has 0 radical (unpaired) electrons. The van der Waals surface area contributed by atoms with Crippen molar-refractivity contribution in [2.75, 3.05) is 0 Å². The van der Waals surface area contributed by atoms with Gasteiger partial charge in [-0.3, -0.25) is 9.78 Å². The summed E-state index contributed by atoms with van der Waals surface area (Å²) in [6.07, 6.45) is 1.80. The molecule has 0 spiro atoms. The van der Waals surface area contributed by atoms with Crippen molar-refractivity contribution >= 4 is 15.1 Å². The van der Waals surface area contributed by atoms with Gasteiger partial charge in [0.05, 0.1) is 11.7 Å². The Balaban J connectivity index is 0.000000580. The molecule has 3 aromatic rings. The summed E-state index contributed by atoms with van der Waals surface area (Å²) >= 11 is 0. The number of rotatable bonds is 4. The molecule has 1 saturated heterocycles. The smallest absolute Gasteiger partial charge is 0.418 e. The molecule has 5 rings (SSSR count). The Morgan fingerprint density at radius 3 is 2.38 bits per heavy atom. The van der Waals surface area contributed by atoms with Crippen LogP contribution in [0.25, 0.3) is 11.1 Å². The summed E-state index contributed by atoms with van der Waals surface area (Å²) in [5.41, 5.74) is 6.26. The third-order valence-corrected chi connectivity index (χ3v) is 5.90. The number of alkyl halides is 3. The second-order valence-electron chi connectivity index (χ2n) is 8.54. The lowest BCUT2D eigenvalue weighted by molar-refractivity contribution is -0.119. The molecule has 0 saturated carbocycles. The van der Waals surface area contributed by atoms with Crippen molar-refractivity contribution in [3.05, 3.63) is 77.1 Å². The number of nitrogens with one attached hydrogen (secondary N) is 1. The summed E-state index contributed by atoms with van der Waals surface area (Å²) in [7, 11) is 1.92. The number of carbonyl (C=O) groups is 1. The first-order valence-electron chi connectivity index (χ1n) is 12.2. The van der Waals surface area contributed by atoms with Crippen LogP contribution in [0, 0.1) is 6.92 Å². The first kappa shape index (κ1) is 28.5. The SMILES string of the molecule is CC.CC(F)F.Cc1ccc(Cc2ccc(C3CCC(=O)N3)nc2)cc1-c1ccc2c(c1)OC(F)(P)O2. The summed E-state index contributed by atoms with van der Waals surface area (Å²) in [4.78, 5) is 16.0. The molecule has 0 aliphatic carbocycles. The quantitative estimate of drug-likeness (QED) is 0.364. The number of aromatic nitrogens is 1. The molecule has 3 atom stereocenters. The molecule has 1 amide bonds. The number of nitrogens with zero attached hydrogens (tertiary/aromatic N) is 1. The van der Waals surface area contributed by atoms with Crippen molar-refractivity contribution in [3.63, 3.8) is 0 Å². The van der Waals surface area contributed by atoms with E-state index in [1.807, 2.05) is 48.3 Å². The molecular formula is C28H32F3N2O3P. The standard InChI is InChI=1S/C24H22FN2O3P.C2H4F2.C2H6/c1-14-2-3-15(10-16-4-6-19(26-13-16)20-7-9-23(28)27-20)11-18(14)17-5-8-21-22(12-17)30-24(25,31)29-21;1-2(3)4;1-2/h2-6,8,11-13,20H,7,9-10,31H2,1H3,(H,27,28);2H,1H3;1-2H3. The topological polar surface area (TPSA) is 60.5 Å². The summed E-state index contributed by atoms with van der Waals surface area (Å²) < 4.78 is 45.0. The largest absolute Gasteiger partial charge is 0.420 e. The lowest BCUT2D eigenvalue weighted by atomic mass is 9.95. The van der Waals surface area contributed by atoms with Crippen molar-refractivity contribution < 1.29 is 27.4 Å². The first-order valence-corrected chi connectivity index (χ1v) is 12.8. The number of fused-ring (bicyclic) bond motifs is 1. The van der Waals surface area contributed by atoms with E-state index in [0.29, 0.717) is 17.9 Å². The molecule has 2 aromatic carbocycles. The molecule has 3 unspecified atom stereocenters. The molecule has 3 heterocycles. The van der Waals surface area contributed by atoms with Gasteiger partial charge in [0.15, 0.2) is 11.5 Å². The molecule has 1 aromatic heterocycles. The number of hydrogen-bond donors (Lipinski definition) is 1. The third-order valence-electron chi connectivity index (χ3n) is 5.66. The number of ether oxygens (including phenoxy) is 2. The maximum absolute atomic E-state index is 14.0. The van der Waals surface area contributed by atoms with Crippen LogP contribution >= 0.6 is 9.24 Å². The van der Waals surface area contributed by atoms with Gasteiger partial charge in [-0.1, -0.05) is 44.2 Å². The van der Waals surface area contributed by atoms with E-state index < -0.39 is 12.2 Å². The van der Waals surface area contributed by atoms with E-state index in [1.165, 1.54) is 0 Å². The lowest BCUT2D eigenvalue weighted by Gasteiger charge is -2.12. The molecule has 37 heavy (non-hydrogen) atoms. The van der Waals surface area contributed by atoms with Gasteiger partial charge in [0, 0.05) is 12.6 Å². The number of amides is 1. The Labute approximate surface area is 218 Å². The van der Waals surface area contributed by atoms with Crippen LogP contribution in [0.2, 0.25) is 0 Å². The van der Waals surface area contributed by atoms with E-state index in [0.717, 1.165) is 53.3 Å². The predicted molar refractivity (Wildman–Crippen MR) is 142 cm³/mol. The lowest BCUT2D eigenvalue weighted by Crippen LogP contribution is -2.23. The van der Waals surface area contributed by atoms with Crippen LogP contribution in [-0.4, -0.2) is 23.1 Å². The first-order chi connectivity index (χ1) is 17.6. The second-order valence-corrected chi connectivity index (χ2v) is 9.23. The fourth-order valence-electron chi connectivity index (χ4n) is 4.07. The van der Waals surface area contributed by atoms with Crippen LogP contribution in [0.4, 0.5) is 13.2 Å². The van der Waals surface area contributed by atoms with E-state index >= 15 is 0 Å². The summed E-state index contributed by atoms with van der Waals surface area (Å²) in [6.45, 7) is 6.88. The fourth-order valence-corrected chi connectivity index (χ4v) is 4.32. The van der Waals surface area contributed by atoms with Crippen LogP contribution in [-0.2, 0) is 11.2 Å². The van der Waals surface area contributed by atoms with Crippen LogP contribution in [0.15, 0.2) is 54.7 Å². The minimum atomic E-state index is -2.21. The van der Waals surface area contributed by atoms with E-state index in [2.05, 4.69) is 34.6 Å². The molecule has 1 fully saturated rings. The third kappa shape index (κ3) is 7.68. The molecular weight excluding hydrogens is 500 g/mol. The Kier molecular flexibility index (Phi) is 9.55. The second kappa shape index (κ2) is 12.4. The number of halogens is 3. The zero-order valence-corrected chi connectivity index (χ0v) is 22.5. The average Bonchev–Trinajstić information content (AvgIpc) is 3.42. The number of hydrogen-bond acceptors (Lipinski definition) is 4. The Morgan fingerprint density at radius 2 is 1.76 bits per heavy atom. The van der Waals surface area contributed by atoms with E-state index in [1.54, 1.807) is 12.1 Å². The zero-order valence-electron chi connectivity index (χ0n) is 21.4. The molecule has 198 valence electrons.